The molecule has 1 unspecified atom stereocenters. The molecule has 9 heteroatoms. The lowest BCUT2D eigenvalue weighted by Gasteiger charge is -2.26. The monoisotopic (exact) mass is 401 g/mol. The van der Waals surface area contributed by atoms with Gasteiger partial charge in [0, 0.05) is 11.1 Å². The maximum absolute atomic E-state index is 13.3. The van der Waals surface area contributed by atoms with Crippen molar-refractivity contribution in [2.24, 2.45) is 16.2 Å². The van der Waals surface area contributed by atoms with Crippen LogP contribution in [-0.2, 0) is 21.2 Å². The summed E-state index contributed by atoms with van der Waals surface area (Å²) in [6.45, 7) is 0. The van der Waals surface area contributed by atoms with Crippen LogP contribution in [0.5, 0.6) is 0 Å². The van der Waals surface area contributed by atoms with E-state index in [0.29, 0.717) is 18.6 Å². The number of hydrogen-bond donors (Lipinski definition) is 2. The van der Waals surface area contributed by atoms with E-state index >= 15 is 0 Å². The second kappa shape index (κ2) is 7.91. The van der Waals surface area contributed by atoms with Crippen LogP contribution in [0.2, 0.25) is 0 Å². The minimum absolute atomic E-state index is 0.000138. The lowest BCUT2D eigenvalue weighted by Crippen LogP contribution is -2.33. The maximum atomic E-state index is 13.3. The van der Waals surface area contributed by atoms with Crippen LogP contribution in [0, 0.1) is 5.92 Å². The first-order chi connectivity index (χ1) is 13.3. The van der Waals surface area contributed by atoms with Crippen molar-refractivity contribution in [3.05, 3.63) is 65.2 Å². The number of Topliss-reactive ketones (excluding diaryl/α,β-unsaturated/α-hetero) is 1. The molecule has 1 aliphatic rings. The number of carbonyl (C=O) groups is 2. The first kappa shape index (κ1) is 19.7. The topological polar surface area (TPSA) is 128 Å². The third-order valence-electron chi connectivity index (χ3n) is 4.55. The van der Waals surface area contributed by atoms with Crippen LogP contribution < -0.4 is 10.6 Å². The van der Waals surface area contributed by atoms with E-state index < -0.39 is 27.8 Å². The molecule has 0 aromatic heterocycles. The van der Waals surface area contributed by atoms with Gasteiger partial charge in [-0.2, -0.15) is 5.10 Å². The molecule has 2 aromatic rings. The average Bonchev–Trinajstić information content (AvgIpc) is 2.70. The van der Waals surface area contributed by atoms with E-state index in [1.165, 1.54) is 25.3 Å². The molecule has 0 saturated carbocycles. The Morgan fingerprint density at radius 2 is 1.82 bits per heavy atom. The first-order valence-corrected chi connectivity index (χ1v) is 10.0. The summed E-state index contributed by atoms with van der Waals surface area (Å²) in [5.74, 6) is -1.17. The summed E-state index contributed by atoms with van der Waals surface area (Å²) in [5.41, 5.74) is 4.31. The van der Waals surface area contributed by atoms with Crippen molar-refractivity contribution in [2.75, 3.05) is 7.11 Å². The van der Waals surface area contributed by atoms with Crippen LogP contribution >= 0.6 is 0 Å². The Bertz CT molecular complexity index is 1060. The Labute approximate surface area is 162 Å². The van der Waals surface area contributed by atoms with Gasteiger partial charge in [-0.1, -0.05) is 42.5 Å². The number of carbonyl (C=O) groups excluding carboxylic acids is 2. The Morgan fingerprint density at radius 1 is 1.14 bits per heavy atom. The number of nitrogens with two attached hydrogens (primary N) is 1. The molecular formula is C19H19N3O5S. The Balaban J connectivity index is 2.08. The Kier molecular flexibility index (Phi) is 5.57. The second-order valence-electron chi connectivity index (χ2n) is 6.25. The van der Waals surface area contributed by atoms with Crippen LogP contribution in [0.15, 0.2) is 58.5 Å². The van der Waals surface area contributed by atoms with E-state index in [-0.39, 0.29) is 10.5 Å². The van der Waals surface area contributed by atoms with Gasteiger partial charge in [-0.05, 0) is 24.5 Å². The quantitative estimate of drug-likeness (QED) is 0.597. The lowest BCUT2D eigenvalue weighted by atomic mass is 9.78. The van der Waals surface area contributed by atoms with Gasteiger partial charge >= 0.3 is 6.09 Å². The van der Waals surface area contributed by atoms with Crippen molar-refractivity contribution in [1.82, 2.24) is 5.43 Å². The highest BCUT2D eigenvalue weighted by Gasteiger charge is 2.34. The number of rotatable bonds is 4. The lowest BCUT2D eigenvalue weighted by molar-refractivity contribution is 0.0945. The number of ketones is 1. The number of sulfonamides is 1. The Hall–Kier alpha value is -3.04. The number of ether oxygens (including phenoxy) is 1. The molecule has 0 fully saturated rings. The summed E-state index contributed by atoms with van der Waals surface area (Å²) in [4.78, 5) is 24.5. The predicted molar refractivity (Wildman–Crippen MR) is 102 cm³/mol. The summed E-state index contributed by atoms with van der Waals surface area (Å²) in [5, 5.41) is 9.37. The van der Waals surface area contributed by atoms with Crippen molar-refractivity contribution in [3.8, 4) is 0 Å². The second-order valence-corrected chi connectivity index (χ2v) is 7.78. The molecule has 1 amide bonds. The average molecular weight is 401 g/mol. The highest BCUT2D eigenvalue weighted by atomic mass is 32.2. The van der Waals surface area contributed by atoms with Crippen LogP contribution in [-0.4, -0.2) is 33.1 Å². The van der Waals surface area contributed by atoms with Gasteiger partial charge in [-0.3, -0.25) is 4.79 Å². The number of aryl methyl sites for hydroxylation is 1. The third kappa shape index (κ3) is 3.95. The van der Waals surface area contributed by atoms with Crippen LogP contribution in [0.4, 0.5) is 4.79 Å². The molecule has 0 saturated heterocycles. The fourth-order valence-corrected chi connectivity index (χ4v) is 4.01. The molecule has 0 heterocycles. The molecule has 28 heavy (non-hydrogen) atoms. The summed E-state index contributed by atoms with van der Waals surface area (Å²) >= 11 is 0. The van der Waals surface area contributed by atoms with Crippen LogP contribution in [0.1, 0.15) is 27.9 Å². The minimum atomic E-state index is -4.08. The van der Waals surface area contributed by atoms with Gasteiger partial charge in [0.2, 0.25) is 10.0 Å². The summed E-state index contributed by atoms with van der Waals surface area (Å²) in [7, 11) is -2.87. The van der Waals surface area contributed by atoms with E-state index in [2.05, 4.69) is 15.3 Å². The number of methoxy groups -OCH3 is 1. The van der Waals surface area contributed by atoms with Gasteiger partial charge in [-0.15, -0.1) is 0 Å². The standard InChI is InChI=1S/C19H19N3O5S/c1-27-19(24)22-21-17-13-7-3-2-6-12(13)10-11-15(17)18(23)14-8-4-5-9-16(14)28(20,25)26/h2-9,15H,10-11H2,1H3,(H,22,24)(H2,20,25,26)/b21-17-. The number of hydrogen-bond acceptors (Lipinski definition) is 6. The van der Waals surface area contributed by atoms with Gasteiger partial charge in [0.05, 0.1) is 23.6 Å². The highest BCUT2D eigenvalue weighted by molar-refractivity contribution is 7.89. The number of amides is 1. The summed E-state index contributed by atoms with van der Waals surface area (Å²) in [6.07, 6.45) is 0.254. The van der Waals surface area contributed by atoms with E-state index in [1.54, 1.807) is 18.2 Å². The van der Waals surface area contributed by atoms with Crippen LogP contribution in [0.3, 0.4) is 0 Å². The van der Waals surface area contributed by atoms with E-state index in [1.807, 2.05) is 12.1 Å². The van der Waals surface area contributed by atoms with Crippen molar-refractivity contribution in [1.29, 1.82) is 0 Å². The molecule has 3 rings (SSSR count). The number of nitrogens with zero attached hydrogens (tertiary/aromatic N) is 1. The molecule has 3 N–H and O–H groups in total. The van der Waals surface area contributed by atoms with E-state index in [0.717, 1.165) is 11.1 Å². The molecule has 0 spiro atoms. The van der Waals surface area contributed by atoms with Gasteiger partial charge in [0.15, 0.2) is 5.78 Å². The van der Waals surface area contributed by atoms with Gasteiger partial charge in [0.25, 0.3) is 0 Å². The van der Waals surface area contributed by atoms with Crippen molar-refractivity contribution < 1.29 is 22.7 Å². The molecule has 0 radical (unpaired) electrons. The zero-order chi connectivity index (χ0) is 20.3. The normalized spacial score (nSPS) is 17.6. The number of benzene rings is 2. The molecule has 1 atom stereocenters. The SMILES string of the molecule is COC(=O)N/N=C1/c2ccccc2CCC1C(=O)c1ccccc1S(N)(=O)=O. The van der Waals surface area contributed by atoms with E-state index in [4.69, 9.17) is 5.14 Å². The van der Waals surface area contributed by atoms with E-state index in [9.17, 15) is 18.0 Å². The fourth-order valence-electron chi connectivity index (χ4n) is 3.26. The largest absolute Gasteiger partial charge is 0.452 e. The molecule has 2 aromatic carbocycles. The smallest absolute Gasteiger partial charge is 0.427 e. The molecule has 146 valence electrons. The van der Waals surface area contributed by atoms with Crippen molar-refractivity contribution >= 4 is 27.6 Å². The number of nitrogens with one attached hydrogen (secondary N) is 1. The molecule has 0 aliphatic heterocycles. The fraction of sp³-hybridized carbons (Fsp3) is 0.211. The zero-order valence-corrected chi connectivity index (χ0v) is 15.9. The third-order valence-corrected chi connectivity index (χ3v) is 5.52. The van der Waals surface area contributed by atoms with Crippen molar-refractivity contribution in [3.63, 3.8) is 0 Å². The van der Waals surface area contributed by atoms with Gasteiger partial charge < -0.3 is 4.74 Å². The highest BCUT2D eigenvalue weighted by Crippen LogP contribution is 2.30. The summed E-state index contributed by atoms with van der Waals surface area (Å²) < 4.78 is 28.3. The zero-order valence-electron chi connectivity index (χ0n) is 15.1. The number of primary sulfonamides is 1. The molecule has 1 aliphatic carbocycles. The summed E-state index contributed by atoms with van der Waals surface area (Å²) in [6, 6.07) is 13.2. The first-order valence-electron chi connectivity index (χ1n) is 8.48. The molecule has 8 nitrogen and oxygen atoms in total. The van der Waals surface area contributed by atoms with Crippen LogP contribution in [0.25, 0.3) is 0 Å². The van der Waals surface area contributed by atoms with Crippen molar-refractivity contribution in [2.45, 2.75) is 17.7 Å². The molecule has 0 bridgehead atoms. The van der Waals surface area contributed by atoms with Gasteiger partial charge in [0.1, 0.15) is 0 Å². The maximum Gasteiger partial charge on any atom is 0.427 e. The number of hydrazone groups is 1. The Morgan fingerprint density at radius 3 is 2.54 bits per heavy atom. The number of fused-ring (bicyclic) bond motifs is 1. The minimum Gasteiger partial charge on any atom is -0.452 e. The van der Waals surface area contributed by atoms with Gasteiger partial charge in [-0.25, -0.2) is 23.8 Å². The predicted octanol–water partition coefficient (Wildman–Crippen LogP) is 1.84. The molecular weight excluding hydrogens is 382 g/mol.